The van der Waals surface area contributed by atoms with Gasteiger partial charge >= 0.3 is 0 Å². The van der Waals surface area contributed by atoms with Crippen LogP contribution in [0.25, 0.3) is 28.2 Å². The number of anilines is 1. The lowest BCUT2D eigenvalue weighted by molar-refractivity contribution is 0.205. The van der Waals surface area contributed by atoms with Crippen molar-refractivity contribution in [3.05, 3.63) is 71.9 Å². The van der Waals surface area contributed by atoms with Gasteiger partial charge in [0.1, 0.15) is 11.5 Å². The Morgan fingerprint density at radius 2 is 1.74 bits per heavy atom. The second kappa shape index (κ2) is 8.90. The van der Waals surface area contributed by atoms with Crippen LogP contribution in [0, 0.1) is 11.6 Å². The first kappa shape index (κ1) is 22.1. The molecule has 0 aliphatic carbocycles. The van der Waals surface area contributed by atoms with Crippen molar-refractivity contribution in [3.63, 3.8) is 0 Å². The number of likely N-dealkylation sites (tertiary alicyclic amines) is 1. The Balaban J connectivity index is 1.46. The number of tetrazole rings is 1. The molecule has 34 heavy (non-hydrogen) atoms. The van der Waals surface area contributed by atoms with Gasteiger partial charge in [-0.1, -0.05) is 30.3 Å². The van der Waals surface area contributed by atoms with Gasteiger partial charge in [-0.15, -0.1) is 5.10 Å². The molecule has 2 N–H and O–H groups in total. The minimum absolute atomic E-state index is 0.112. The summed E-state index contributed by atoms with van der Waals surface area (Å²) in [4.78, 5) is 6.84. The maximum absolute atomic E-state index is 14.4. The number of rotatable bonds is 5. The Morgan fingerprint density at radius 3 is 2.47 bits per heavy atom. The van der Waals surface area contributed by atoms with E-state index in [4.69, 9.17) is 5.73 Å². The van der Waals surface area contributed by atoms with E-state index in [1.807, 2.05) is 12.1 Å². The molecule has 2 aromatic heterocycles. The highest BCUT2D eigenvalue weighted by Crippen LogP contribution is 2.31. The first-order chi connectivity index (χ1) is 16.4. The minimum Gasteiger partial charge on any atom is -0.383 e. The second-order valence-corrected chi connectivity index (χ2v) is 8.79. The van der Waals surface area contributed by atoms with E-state index < -0.39 is 11.6 Å². The van der Waals surface area contributed by atoms with Crippen molar-refractivity contribution >= 4 is 5.82 Å². The van der Waals surface area contributed by atoms with Gasteiger partial charge in [0.15, 0.2) is 17.5 Å². The third kappa shape index (κ3) is 4.03. The lowest BCUT2D eigenvalue weighted by Gasteiger charge is -2.26. The predicted molar refractivity (Wildman–Crippen MR) is 126 cm³/mol. The van der Waals surface area contributed by atoms with Crippen molar-refractivity contribution < 1.29 is 8.78 Å². The van der Waals surface area contributed by atoms with E-state index in [0.29, 0.717) is 17.6 Å². The average molecular weight is 462 g/mol. The molecular weight excluding hydrogens is 436 g/mol. The fourth-order valence-electron chi connectivity index (χ4n) is 4.56. The minimum atomic E-state index is -1.05. The van der Waals surface area contributed by atoms with Gasteiger partial charge in [-0.2, -0.15) is 4.68 Å². The Morgan fingerprint density at radius 1 is 1.00 bits per heavy atom. The summed E-state index contributed by atoms with van der Waals surface area (Å²) in [5.41, 5.74) is 9.45. The van der Waals surface area contributed by atoms with Crippen LogP contribution in [0.2, 0.25) is 0 Å². The summed E-state index contributed by atoms with van der Waals surface area (Å²) in [7, 11) is 0. The largest absolute Gasteiger partial charge is 0.383 e. The molecular formula is C25H25F2N7. The molecule has 0 radical (unpaired) electrons. The zero-order valence-electron chi connectivity index (χ0n) is 19.0. The number of aromatic nitrogens is 5. The van der Waals surface area contributed by atoms with Crippen LogP contribution in [0.5, 0.6) is 0 Å². The Labute approximate surface area is 196 Å². The number of nitrogen functional groups attached to an aromatic ring is 1. The van der Waals surface area contributed by atoms with Gasteiger partial charge < -0.3 is 5.73 Å². The molecule has 4 aromatic rings. The normalized spacial score (nSPS) is 18.5. The third-order valence-corrected chi connectivity index (χ3v) is 6.58. The Bertz CT molecular complexity index is 1310. The van der Waals surface area contributed by atoms with Crippen LogP contribution in [-0.2, 0) is 6.54 Å². The van der Waals surface area contributed by atoms with Gasteiger partial charge in [0.2, 0.25) is 0 Å². The third-order valence-electron chi connectivity index (χ3n) is 6.58. The van der Waals surface area contributed by atoms with Crippen LogP contribution < -0.4 is 5.73 Å². The number of nitrogens with zero attached hydrogens (tertiary/aromatic N) is 6. The molecule has 2 aromatic carbocycles. The molecule has 9 heteroatoms. The van der Waals surface area contributed by atoms with E-state index in [1.54, 1.807) is 12.3 Å². The summed E-state index contributed by atoms with van der Waals surface area (Å²) in [6, 6.07) is 15.1. The zero-order valence-corrected chi connectivity index (χ0v) is 19.0. The van der Waals surface area contributed by atoms with Gasteiger partial charge in [-0.05, 0) is 66.4 Å². The summed E-state index contributed by atoms with van der Waals surface area (Å²) in [6.07, 6.45) is 4.14. The number of benzene rings is 2. The highest BCUT2D eigenvalue weighted by atomic mass is 19.2. The van der Waals surface area contributed by atoms with Crippen molar-refractivity contribution in [2.24, 2.45) is 0 Å². The fraction of sp³-hybridized carbons (Fsp3) is 0.280. The number of hydrogen-bond acceptors (Lipinski definition) is 6. The van der Waals surface area contributed by atoms with Crippen molar-refractivity contribution in [3.8, 4) is 28.2 Å². The van der Waals surface area contributed by atoms with Crippen LogP contribution in [0.3, 0.4) is 0 Å². The average Bonchev–Trinajstić information content (AvgIpc) is 3.44. The first-order valence-electron chi connectivity index (χ1n) is 11.3. The standard InChI is InChI=1S/C25H25F2N7/c1-15-6-7-16(2)33(15)14-17-8-10-18(11-9-17)19-12-20(24(28)29-13-19)25-30-31-32-34(25)22-5-3-4-21(26)23(22)27/h3-5,8-13,15-16H,6-7,14H2,1-2H3,(H2,28,29). The molecule has 1 saturated heterocycles. The zero-order chi connectivity index (χ0) is 23.8. The molecule has 5 rings (SSSR count). The van der Waals surface area contributed by atoms with Gasteiger partial charge in [0.05, 0.1) is 5.56 Å². The smallest absolute Gasteiger partial charge is 0.190 e. The van der Waals surface area contributed by atoms with Crippen molar-refractivity contribution in [1.29, 1.82) is 0 Å². The van der Waals surface area contributed by atoms with Crippen LogP contribution in [-0.4, -0.2) is 42.2 Å². The summed E-state index contributed by atoms with van der Waals surface area (Å²) >= 11 is 0. The molecule has 1 fully saturated rings. The fourth-order valence-corrected chi connectivity index (χ4v) is 4.56. The molecule has 0 amide bonds. The number of pyridine rings is 1. The molecule has 2 unspecified atom stereocenters. The molecule has 174 valence electrons. The quantitative estimate of drug-likeness (QED) is 0.467. The van der Waals surface area contributed by atoms with E-state index in [2.05, 4.69) is 51.4 Å². The molecule has 1 aliphatic heterocycles. The van der Waals surface area contributed by atoms with Crippen LogP contribution >= 0.6 is 0 Å². The van der Waals surface area contributed by atoms with Crippen LogP contribution in [0.1, 0.15) is 32.3 Å². The highest BCUT2D eigenvalue weighted by molar-refractivity contribution is 5.76. The molecule has 1 aliphatic rings. The summed E-state index contributed by atoms with van der Waals surface area (Å²) < 4.78 is 29.3. The number of halogens is 2. The van der Waals surface area contributed by atoms with E-state index in [-0.39, 0.29) is 17.3 Å². The van der Waals surface area contributed by atoms with Gasteiger partial charge in [-0.25, -0.2) is 13.8 Å². The van der Waals surface area contributed by atoms with E-state index in [0.717, 1.165) is 28.4 Å². The maximum Gasteiger partial charge on any atom is 0.190 e. The Hall–Kier alpha value is -3.72. The summed E-state index contributed by atoms with van der Waals surface area (Å²) in [6.45, 7) is 5.48. The monoisotopic (exact) mass is 461 g/mol. The van der Waals surface area contributed by atoms with E-state index in [1.165, 1.54) is 30.5 Å². The molecule has 0 bridgehead atoms. The molecule has 2 atom stereocenters. The van der Waals surface area contributed by atoms with Gasteiger partial charge in [-0.3, -0.25) is 4.90 Å². The lowest BCUT2D eigenvalue weighted by atomic mass is 10.0. The van der Waals surface area contributed by atoms with Crippen molar-refractivity contribution in [1.82, 2.24) is 30.1 Å². The molecule has 0 saturated carbocycles. The lowest BCUT2D eigenvalue weighted by Crippen LogP contribution is -2.31. The highest BCUT2D eigenvalue weighted by Gasteiger charge is 2.27. The topological polar surface area (TPSA) is 85.8 Å². The second-order valence-electron chi connectivity index (χ2n) is 8.79. The maximum atomic E-state index is 14.4. The van der Waals surface area contributed by atoms with Crippen LogP contribution in [0.4, 0.5) is 14.6 Å². The molecule has 3 heterocycles. The summed E-state index contributed by atoms with van der Waals surface area (Å²) in [5, 5.41) is 11.5. The first-order valence-corrected chi connectivity index (χ1v) is 11.3. The predicted octanol–water partition coefficient (Wildman–Crippen LogP) is 4.62. The van der Waals surface area contributed by atoms with Crippen molar-refractivity contribution in [2.45, 2.75) is 45.3 Å². The number of nitrogens with two attached hydrogens (primary N) is 1. The van der Waals surface area contributed by atoms with Crippen molar-refractivity contribution in [2.75, 3.05) is 5.73 Å². The van der Waals surface area contributed by atoms with Gasteiger partial charge in [0.25, 0.3) is 0 Å². The molecule has 7 nitrogen and oxygen atoms in total. The van der Waals surface area contributed by atoms with Crippen LogP contribution in [0.15, 0.2) is 54.7 Å². The number of hydrogen-bond donors (Lipinski definition) is 1. The van der Waals surface area contributed by atoms with Gasteiger partial charge in [0, 0.05) is 30.4 Å². The summed E-state index contributed by atoms with van der Waals surface area (Å²) in [5.74, 6) is -1.68. The molecule has 0 spiro atoms. The SMILES string of the molecule is CC1CCC(C)N1Cc1ccc(-c2cnc(N)c(-c3nnnn3-c3cccc(F)c3F)c2)cc1. The Kier molecular flexibility index (Phi) is 5.79. The van der Waals surface area contributed by atoms with E-state index >= 15 is 0 Å². The van der Waals surface area contributed by atoms with E-state index in [9.17, 15) is 8.78 Å².